The van der Waals surface area contributed by atoms with E-state index in [9.17, 15) is 14.4 Å². The Labute approximate surface area is 169 Å². The molecule has 1 aromatic heterocycles. The molecule has 1 fully saturated rings. The average molecular weight is 400 g/mol. The highest BCUT2D eigenvalue weighted by Gasteiger charge is 2.15. The quantitative estimate of drug-likeness (QED) is 0.641. The molecule has 0 bridgehead atoms. The average Bonchev–Trinajstić information content (AvgIpc) is 3.25. The fourth-order valence-electron chi connectivity index (χ4n) is 3.55. The van der Waals surface area contributed by atoms with Crippen molar-refractivity contribution in [3.8, 4) is 0 Å². The second-order valence-corrected chi connectivity index (χ2v) is 7.15. The first-order valence-electron chi connectivity index (χ1n) is 10.2. The third-order valence-corrected chi connectivity index (χ3v) is 5.09. The number of esters is 1. The van der Waals surface area contributed by atoms with Gasteiger partial charge in [0, 0.05) is 18.4 Å². The van der Waals surface area contributed by atoms with E-state index in [1.807, 2.05) is 18.2 Å². The summed E-state index contributed by atoms with van der Waals surface area (Å²) in [7, 11) is 0. The summed E-state index contributed by atoms with van der Waals surface area (Å²) in [4.78, 5) is 38.6. The number of amides is 1. The van der Waals surface area contributed by atoms with Gasteiger partial charge in [0.05, 0.1) is 37.2 Å². The largest absolute Gasteiger partial charge is 0.466 e. The SMILES string of the molecule is CCOC(=O)CCC(=O)NCc1nn(CCN2CCCC2)c(=O)c2ccccc12. The Morgan fingerprint density at radius 1 is 1.10 bits per heavy atom. The molecule has 29 heavy (non-hydrogen) atoms. The highest BCUT2D eigenvalue weighted by atomic mass is 16.5. The molecular formula is C21H28N4O4. The van der Waals surface area contributed by atoms with E-state index in [1.54, 1.807) is 13.0 Å². The van der Waals surface area contributed by atoms with E-state index in [0.29, 0.717) is 24.2 Å². The van der Waals surface area contributed by atoms with E-state index in [1.165, 1.54) is 17.5 Å². The molecule has 0 spiro atoms. The first-order chi connectivity index (χ1) is 14.1. The van der Waals surface area contributed by atoms with E-state index < -0.39 is 0 Å². The fourth-order valence-corrected chi connectivity index (χ4v) is 3.55. The Morgan fingerprint density at radius 2 is 1.83 bits per heavy atom. The number of hydrogen-bond donors (Lipinski definition) is 1. The molecule has 1 saturated heterocycles. The van der Waals surface area contributed by atoms with Crippen LogP contribution in [0, 0.1) is 0 Å². The number of benzene rings is 1. The third kappa shape index (κ3) is 5.63. The molecule has 3 rings (SSSR count). The van der Waals surface area contributed by atoms with Crippen LogP contribution in [0.1, 0.15) is 38.3 Å². The zero-order valence-corrected chi connectivity index (χ0v) is 16.9. The maximum absolute atomic E-state index is 12.8. The van der Waals surface area contributed by atoms with Crippen molar-refractivity contribution in [3.05, 3.63) is 40.3 Å². The molecule has 0 atom stereocenters. The second-order valence-electron chi connectivity index (χ2n) is 7.15. The van der Waals surface area contributed by atoms with Gasteiger partial charge in [-0.15, -0.1) is 0 Å². The molecule has 1 aliphatic rings. The number of rotatable bonds is 9. The van der Waals surface area contributed by atoms with Gasteiger partial charge < -0.3 is 15.0 Å². The zero-order valence-electron chi connectivity index (χ0n) is 16.9. The Morgan fingerprint density at radius 3 is 2.55 bits per heavy atom. The van der Waals surface area contributed by atoms with E-state index in [2.05, 4.69) is 15.3 Å². The Kier molecular flexibility index (Phi) is 7.35. The van der Waals surface area contributed by atoms with Crippen LogP contribution >= 0.6 is 0 Å². The minimum atomic E-state index is -0.387. The smallest absolute Gasteiger partial charge is 0.306 e. The fraction of sp³-hybridized carbons (Fsp3) is 0.524. The van der Waals surface area contributed by atoms with Crippen molar-refractivity contribution in [1.29, 1.82) is 0 Å². The van der Waals surface area contributed by atoms with Crippen LogP contribution in [-0.4, -0.2) is 52.8 Å². The van der Waals surface area contributed by atoms with E-state index >= 15 is 0 Å². The zero-order chi connectivity index (χ0) is 20.6. The van der Waals surface area contributed by atoms with Crippen LogP contribution in [0.15, 0.2) is 29.1 Å². The standard InChI is InChI=1S/C21H28N4O4/c1-2-29-20(27)10-9-19(26)22-15-18-16-7-3-4-8-17(16)21(28)25(23-18)14-13-24-11-5-6-12-24/h3-4,7-8H,2,5-6,9-15H2,1H3,(H,22,26). The maximum atomic E-state index is 12.8. The number of likely N-dealkylation sites (tertiary alicyclic amines) is 1. The van der Waals surface area contributed by atoms with Crippen LogP contribution in [0.4, 0.5) is 0 Å². The summed E-state index contributed by atoms with van der Waals surface area (Å²) in [5.41, 5.74) is 0.531. The van der Waals surface area contributed by atoms with Crippen LogP contribution < -0.4 is 10.9 Å². The van der Waals surface area contributed by atoms with Gasteiger partial charge in [0.15, 0.2) is 0 Å². The van der Waals surface area contributed by atoms with Crippen LogP contribution in [-0.2, 0) is 27.4 Å². The molecule has 0 radical (unpaired) electrons. The number of carbonyl (C=O) groups is 2. The number of fused-ring (bicyclic) bond motifs is 1. The lowest BCUT2D eigenvalue weighted by molar-refractivity contribution is -0.144. The summed E-state index contributed by atoms with van der Waals surface area (Å²) in [5, 5.41) is 8.66. The number of hydrogen-bond acceptors (Lipinski definition) is 6. The highest BCUT2D eigenvalue weighted by molar-refractivity contribution is 5.84. The minimum Gasteiger partial charge on any atom is -0.466 e. The minimum absolute atomic E-state index is 0.0448. The van der Waals surface area contributed by atoms with E-state index in [4.69, 9.17) is 4.74 Å². The van der Waals surface area contributed by atoms with Gasteiger partial charge in [-0.05, 0) is 38.9 Å². The molecule has 8 heteroatoms. The van der Waals surface area contributed by atoms with E-state index in [-0.39, 0.29) is 36.8 Å². The molecule has 2 aromatic rings. The molecule has 0 unspecified atom stereocenters. The summed E-state index contributed by atoms with van der Waals surface area (Å²) in [6, 6.07) is 7.31. The van der Waals surface area contributed by atoms with Crippen molar-refractivity contribution >= 4 is 22.6 Å². The van der Waals surface area contributed by atoms with Crippen LogP contribution in [0.25, 0.3) is 10.8 Å². The highest BCUT2D eigenvalue weighted by Crippen LogP contribution is 2.13. The molecule has 0 aliphatic carbocycles. The predicted octanol–water partition coefficient (Wildman–Crippen LogP) is 1.45. The number of nitrogens with zero attached hydrogens (tertiary/aromatic N) is 3. The van der Waals surface area contributed by atoms with Crippen molar-refractivity contribution < 1.29 is 14.3 Å². The summed E-state index contributed by atoms with van der Waals surface area (Å²) in [5.74, 6) is -0.638. The maximum Gasteiger partial charge on any atom is 0.306 e. The lowest BCUT2D eigenvalue weighted by Crippen LogP contribution is -2.32. The first-order valence-corrected chi connectivity index (χ1v) is 10.2. The van der Waals surface area contributed by atoms with E-state index in [0.717, 1.165) is 25.0 Å². The van der Waals surface area contributed by atoms with Gasteiger partial charge in [-0.25, -0.2) is 4.68 Å². The molecule has 1 aliphatic heterocycles. The predicted molar refractivity (Wildman–Crippen MR) is 109 cm³/mol. The second kappa shape index (κ2) is 10.2. The molecule has 1 aromatic carbocycles. The molecular weight excluding hydrogens is 372 g/mol. The molecule has 1 N–H and O–H groups in total. The topological polar surface area (TPSA) is 93.5 Å². The molecule has 8 nitrogen and oxygen atoms in total. The van der Waals surface area contributed by atoms with Crippen molar-refractivity contribution in [3.63, 3.8) is 0 Å². The van der Waals surface area contributed by atoms with Crippen LogP contribution in [0.2, 0.25) is 0 Å². The molecule has 0 saturated carbocycles. The Hall–Kier alpha value is -2.74. The number of nitrogens with one attached hydrogen (secondary N) is 1. The van der Waals surface area contributed by atoms with Gasteiger partial charge in [0.1, 0.15) is 0 Å². The summed E-state index contributed by atoms with van der Waals surface area (Å²) in [6.45, 7) is 5.66. The van der Waals surface area contributed by atoms with Gasteiger partial charge in [-0.3, -0.25) is 14.4 Å². The van der Waals surface area contributed by atoms with Crippen molar-refractivity contribution in [2.24, 2.45) is 0 Å². The summed E-state index contributed by atoms with van der Waals surface area (Å²) < 4.78 is 6.34. The van der Waals surface area contributed by atoms with Crippen molar-refractivity contribution in [2.45, 2.75) is 45.7 Å². The van der Waals surface area contributed by atoms with Gasteiger partial charge >= 0.3 is 5.97 Å². The lowest BCUT2D eigenvalue weighted by atomic mass is 10.1. The van der Waals surface area contributed by atoms with Gasteiger partial charge in [-0.1, -0.05) is 18.2 Å². The van der Waals surface area contributed by atoms with Gasteiger partial charge in [-0.2, -0.15) is 5.10 Å². The Bertz CT molecular complexity index is 919. The monoisotopic (exact) mass is 400 g/mol. The number of ether oxygens (including phenoxy) is 1. The normalized spacial score (nSPS) is 14.2. The first kappa shape index (κ1) is 21.0. The Balaban J connectivity index is 1.70. The molecule has 2 heterocycles. The van der Waals surface area contributed by atoms with Crippen LogP contribution in [0.3, 0.4) is 0 Å². The van der Waals surface area contributed by atoms with Crippen molar-refractivity contribution in [2.75, 3.05) is 26.2 Å². The third-order valence-electron chi connectivity index (χ3n) is 5.09. The van der Waals surface area contributed by atoms with Gasteiger partial charge in [0.25, 0.3) is 5.56 Å². The van der Waals surface area contributed by atoms with Crippen molar-refractivity contribution in [1.82, 2.24) is 20.0 Å². The number of carbonyl (C=O) groups excluding carboxylic acids is 2. The van der Waals surface area contributed by atoms with Gasteiger partial charge in [0.2, 0.25) is 5.91 Å². The number of aromatic nitrogens is 2. The van der Waals surface area contributed by atoms with Crippen LogP contribution in [0.5, 0.6) is 0 Å². The summed E-state index contributed by atoms with van der Waals surface area (Å²) >= 11 is 0. The molecule has 1 amide bonds. The summed E-state index contributed by atoms with van der Waals surface area (Å²) in [6.07, 6.45) is 2.50. The lowest BCUT2D eigenvalue weighted by Gasteiger charge is -2.16. The molecule has 156 valence electrons.